The van der Waals surface area contributed by atoms with Crippen LogP contribution in [0.1, 0.15) is 34.9 Å². The molecule has 0 bridgehead atoms. The van der Waals surface area contributed by atoms with Gasteiger partial charge in [0, 0.05) is 45.7 Å². The van der Waals surface area contributed by atoms with Gasteiger partial charge in [-0.05, 0) is 35.2 Å². The summed E-state index contributed by atoms with van der Waals surface area (Å²) in [7, 11) is 0. The summed E-state index contributed by atoms with van der Waals surface area (Å²) in [6, 6.07) is 9.91. The van der Waals surface area contributed by atoms with Gasteiger partial charge in [0.15, 0.2) is 0 Å². The van der Waals surface area contributed by atoms with Crippen molar-refractivity contribution in [3.63, 3.8) is 0 Å². The number of aromatic nitrogens is 1. The topological polar surface area (TPSA) is 68.8 Å². The van der Waals surface area contributed by atoms with Gasteiger partial charge in [-0.2, -0.15) is 12.6 Å². The van der Waals surface area contributed by atoms with Gasteiger partial charge in [0.1, 0.15) is 5.15 Å². The average molecular weight is 472 g/mol. The van der Waals surface area contributed by atoms with Crippen LogP contribution in [0.2, 0.25) is 5.15 Å². The number of halogens is 1. The van der Waals surface area contributed by atoms with Crippen molar-refractivity contribution in [3.05, 3.63) is 58.4 Å². The summed E-state index contributed by atoms with van der Waals surface area (Å²) < 4.78 is 0. The first-order valence-electron chi connectivity index (χ1n) is 11.0. The van der Waals surface area contributed by atoms with Gasteiger partial charge in [0.2, 0.25) is 11.8 Å². The van der Waals surface area contributed by atoms with Crippen LogP contribution in [0.4, 0.5) is 5.69 Å². The molecule has 2 fully saturated rings. The molecule has 2 saturated heterocycles. The normalized spacial score (nSPS) is 24.5. The molecule has 2 unspecified atom stereocenters. The lowest BCUT2D eigenvalue weighted by atomic mass is 10.0. The lowest BCUT2D eigenvalue weighted by Crippen LogP contribution is -2.51. The van der Waals surface area contributed by atoms with Gasteiger partial charge in [-0.15, -0.1) is 0 Å². The third-order valence-electron chi connectivity index (χ3n) is 6.70. The maximum atomic E-state index is 12.4. The molecule has 0 spiro atoms. The fourth-order valence-electron chi connectivity index (χ4n) is 4.92. The number of piperazine rings is 1. The van der Waals surface area contributed by atoms with E-state index in [1.807, 2.05) is 18.3 Å². The molecule has 168 valence electrons. The Kier molecular flexibility index (Phi) is 6.11. The Balaban J connectivity index is 1.25. The summed E-state index contributed by atoms with van der Waals surface area (Å²) in [4.78, 5) is 35.1. The van der Waals surface area contributed by atoms with E-state index < -0.39 is 0 Å². The first kappa shape index (κ1) is 21.7. The van der Waals surface area contributed by atoms with Crippen molar-refractivity contribution in [2.24, 2.45) is 0 Å². The summed E-state index contributed by atoms with van der Waals surface area (Å²) in [5, 5.41) is 2.85. The number of imide groups is 1. The maximum absolute atomic E-state index is 12.4. The zero-order valence-corrected chi connectivity index (χ0v) is 19.4. The van der Waals surface area contributed by atoms with Crippen LogP contribution in [0.3, 0.4) is 0 Å². The summed E-state index contributed by atoms with van der Waals surface area (Å²) in [6.07, 6.45) is 2.76. The number of amides is 2. The lowest BCUT2D eigenvalue weighted by Gasteiger charge is -2.36. The van der Waals surface area contributed by atoms with Gasteiger partial charge in [0.05, 0.1) is 23.3 Å². The highest BCUT2D eigenvalue weighted by Gasteiger charge is 2.39. The number of nitrogens with zero attached hydrogens (tertiary/aromatic N) is 4. The Morgan fingerprint density at radius 3 is 2.66 bits per heavy atom. The number of benzene rings is 1. The summed E-state index contributed by atoms with van der Waals surface area (Å²) in [6.45, 7) is 5.37. The van der Waals surface area contributed by atoms with Crippen molar-refractivity contribution in [1.29, 1.82) is 0 Å². The zero-order valence-electron chi connectivity index (χ0n) is 17.7. The van der Waals surface area contributed by atoms with E-state index in [1.165, 1.54) is 16.7 Å². The number of nitrogens with one attached hydrogen (secondary N) is 1. The molecule has 1 aromatic carbocycles. The molecule has 9 heteroatoms. The zero-order chi connectivity index (χ0) is 22.2. The Labute approximate surface area is 198 Å². The molecule has 5 rings (SSSR count). The van der Waals surface area contributed by atoms with E-state index in [0.717, 1.165) is 38.4 Å². The van der Waals surface area contributed by atoms with E-state index in [2.05, 4.69) is 43.2 Å². The van der Waals surface area contributed by atoms with Gasteiger partial charge in [-0.1, -0.05) is 29.8 Å². The predicted octanol–water partition coefficient (Wildman–Crippen LogP) is 2.61. The number of pyridine rings is 1. The second kappa shape index (κ2) is 9.02. The van der Waals surface area contributed by atoms with Gasteiger partial charge in [-0.25, -0.2) is 4.98 Å². The third kappa shape index (κ3) is 4.24. The van der Waals surface area contributed by atoms with Crippen LogP contribution in [0.15, 0.2) is 36.5 Å². The molecule has 32 heavy (non-hydrogen) atoms. The smallest absolute Gasteiger partial charge is 0.243 e. The minimum Gasteiger partial charge on any atom is -0.368 e. The van der Waals surface area contributed by atoms with E-state index in [9.17, 15) is 9.59 Å². The summed E-state index contributed by atoms with van der Waals surface area (Å²) >= 11 is 10.7. The Hall–Kier alpha value is -2.13. The van der Waals surface area contributed by atoms with Crippen LogP contribution < -0.4 is 10.2 Å². The number of rotatable bonds is 4. The second-order valence-electron chi connectivity index (χ2n) is 8.60. The molecule has 2 atom stereocenters. The number of thiol groups is 1. The Morgan fingerprint density at radius 2 is 1.94 bits per heavy atom. The minimum atomic E-state index is -0.313. The molecule has 4 heterocycles. The summed E-state index contributed by atoms with van der Waals surface area (Å²) in [5.74, 6) is -0.393. The minimum absolute atomic E-state index is 0.136. The Bertz CT molecular complexity index is 1030. The van der Waals surface area contributed by atoms with Crippen LogP contribution >= 0.6 is 24.2 Å². The van der Waals surface area contributed by atoms with Crippen LogP contribution in [-0.2, 0) is 22.7 Å². The molecule has 0 saturated carbocycles. The van der Waals surface area contributed by atoms with Gasteiger partial charge >= 0.3 is 0 Å². The third-order valence-corrected chi connectivity index (χ3v) is 7.49. The highest BCUT2D eigenvalue weighted by molar-refractivity contribution is 7.80. The number of carbonyl (C=O) groups excluding carboxylic acids is 2. The second-order valence-corrected chi connectivity index (χ2v) is 9.48. The van der Waals surface area contributed by atoms with Crippen LogP contribution in [0, 0.1) is 0 Å². The quantitative estimate of drug-likeness (QED) is 0.406. The van der Waals surface area contributed by atoms with Gasteiger partial charge in [0.25, 0.3) is 0 Å². The predicted molar refractivity (Wildman–Crippen MR) is 127 cm³/mol. The molecule has 1 N–H and O–H groups in total. The molecule has 2 amide bonds. The number of hydrogen-bond acceptors (Lipinski definition) is 7. The van der Waals surface area contributed by atoms with Crippen molar-refractivity contribution in [3.8, 4) is 0 Å². The fraction of sp³-hybridized carbons (Fsp3) is 0.435. The molecular weight excluding hydrogens is 446 g/mol. The monoisotopic (exact) mass is 471 g/mol. The van der Waals surface area contributed by atoms with E-state index in [-0.39, 0.29) is 23.2 Å². The largest absolute Gasteiger partial charge is 0.368 e. The maximum Gasteiger partial charge on any atom is 0.243 e. The molecule has 3 aliphatic heterocycles. The highest BCUT2D eigenvalue weighted by atomic mass is 35.5. The van der Waals surface area contributed by atoms with Gasteiger partial charge < -0.3 is 4.90 Å². The molecule has 3 aliphatic rings. The van der Waals surface area contributed by atoms with Crippen molar-refractivity contribution >= 4 is 41.7 Å². The number of piperidine rings is 1. The number of hydrogen-bond donors (Lipinski definition) is 2. The number of carbonyl (C=O) groups is 2. The molecule has 2 aromatic rings. The molecule has 1 aromatic heterocycles. The van der Waals surface area contributed by atoms with E-state index >= 15 is 0 Å². The lowest BCUT2D eigenvalue weighted by molar-refractivity contribution is -0.137. The SMILES string of the molecule is O=C1CCC(N2Cc3c(CN4CCN(c5ccc(Cl)nc5)CC4)cccc3C2S)C(=O)N1. The Morgan fingerprint density at radius 1 is 1.12 bits per heavy atom. The first-order chi connectivity index (χ1) is 15.5. The molecule has 0 radical (unpaired) electrons. The molecule has 7 nitrogen and oxygen atoms in total. The van der Waals surface area contributed by atoms with Crippen LogP contribution in [0.5, 0.6) is 0 Å². The highest BCUT2D eigenvalue weighted by Crippen LogP contribution is 2.40. The molecule has 0 aliphatic carbocycles. The molecular formula is C23H26ClN5O2S. The number of fused-ring (bicyclic) bond motifs is 1. The van der Waals surface area contributed by atoms with Crippen molar-refractivity contribution in [1.82, 2.24) is 20.1 Å². The van der Waals surface area contributed by atoms with Crippen LogP contribution in [0.25, 0.3) is 0 Å². The average Bonchev–Trinajstić information content (AvgIpc) is 3.12. The number of anilines is 1. The van der Waals surface area contributed by atoms with E-state index in [4.69, 9.17) is 24.2 Å². The fourth-order valence-corrected chi connectivity index (χ4v) is 5.52. The standard InChI is InChI=1S/C23H26ClN5O2S/c24-20-6-4-16(12-25-20)28-10-8-27(9-11-28)13-15-2-1-3-17-18(15)14-29(23(17)32)19-5-7-21(30)26-22(19)31/h1-4,6,12,19,23,32H,5,7-11,13-14H2,(H,26,30,31). The summed E-state index contributed by atoms with van der Waals surface area (Å²) in [5.41, 5.74) is 4.83. The van der Waals surface area contributed by atoms with Crippen molar-refractivity contribution < 1.29 is 9.59 Å². The van der Waals surface area contributed by atoms with Crippen molar-refractivity contribution in [2.75, 3.05) is 31.1 Å². The first-order valence-corrected chi connectivity index (χ1v) is 11.9. The van der Waals surface area contributed by atoms with E-state index in [1.54, 1.807) is 0 Å². The van der Waals surface area contributed by atoms with Gasteiger partial charge in [-0.3, -0.25) is 24.7 Å². The van der Waals surface area contributed by atoms with E-state index in [0.29, 0.717) is 24.5 Å². The van der Waals surface area contributed by atoms with Crippen LogP contribution in [-0.4, -0.2) is 58.8 Å². The van der Waals surface area contributed by atoms with Crippen molar-refractivity contribution in [2.45, 2.75) is 37.3 Å².